The highest BCUT2D eigenvalue weighted by atomic mass is 19.4. The van der Waals surface area contributed by atoms with Crippen LogP contribution in [-0.2, 0) is 10.9 Å². The molecule has 0 bridgehead atoms. The molecule has 0 spiro atoms. The van der Waals surface area contributed by atoms with Crippen molar-refractivity contribution in [1.29, 1.82) is 0 Å². The Morgan fingerprint density at radius 1 is 1.27 bits per heavy atom. The molecule has 0 unspecified atom stereocenters. The van der Waals surface area contributed by atoms with Crippen molar-refractivity contribution in [1.82, 2.24) is 5.32 Å². The molecule has 122 valence electrons. The summed E-state index contributed by atoms with van der Waals surface area (Å²) in [5.41, 5.74) is -1.23. The van der Waals surface area contributed by atoms with Crippen LogP contribution in [0.3, 0.4) is 0 Å². The van der Waals surface area contributed by atoms with E-state index < -0.39 is 17.6 Å². The van der Waals surface area contributed by atoms with Gasteiger partial charge in [-0.2, -0.15) is 13.2 Å². The van der Waals surface area contributed by atoms with Crippen LogP contribution in [0, 0.1) is 0 Å². The number of nitrogens with one attached hydrogen (secondary N) is 1. The lowest BCUT2D eigenvalue weighted by Gasteiger charge is -2.22. The number of halogens is 3. The number of hydrogen-bond acceptors (Lipinski definition) is 2. The van der Waals surface area contributed by atoms with Crippen molar-refractivity contribution in [3.8, 4) is 0 Å². The summed E-state index contributed by atoms with van der Waals surface area (Å²) in [4.78, 5) is 11.9. The van der Waals surface area contributed by atoms with Crippen molar-refractivity contribution in [3.63, 3.8) is 0 Å². The number of carbonyl (C=O) groups excluding carboxylic acids is 1. The number of carbonyl (C=O) groups is 1. The molecule has 0 saturated carbocycles. The summed E-state index contributed by atoms with van der Waals surface area (Å²) >= 11 is 0. The molecular weight excluding hydrogens is 295 g/mol. The monoisotopic (exact) mass is 315 g/mol. The molecule has 22 heavy (non-hydrogen) atoms. The molecule has 1 heterocycles. The Labute approximate surface area is 127 Å². The molecule has 6 heteroatoms. The second-order valence-electron chi connectivity index (χ2n) is 5.43. The topological polar surface area (TPSA) is 38.3 Å². The first-order valence-corrected chi connectivity index (χ1v) is 7.54. The maximum atomic E-state index is 12.8. The fraction of sp³-hybridized carbons (Fsp3) is 0.562. The smallest absolute Gasteiger partial charge is 0.378 e. The Morgan fingerprint density at radius 2 is 2.05 bits per heavy atom. The van der Waals surface area contributed by atoms with Crippen LogP contribution in [0.25, 0.3) is 0 Å². The second kappa shape index (κ2) is 7.63. The van der Waals surface area contributed by atoms with Crippen molar-refractivity contribution in [2.75, 3.05) is 13.2 Å². The molecule has 1 atom stereocenters. The minimum atomic E-state index is -4.52. The van der Waals surface area contributed by atoms with Gasteiger partial charge in [-0.1, -0.05) is 12.1 Å². The van der Waals surface area contributed by atoms with Gasteiger partial charge in [-0.3, -0.25) is 4.79 Å². The lowest BCUT2D eigenvalue weighted by Crippen LogP contribution is -2.28. The maximum Gasteiger partial charge on any atom is 0.417 e. The lowest BCUT2D eigenvalue weighted by atomic mass is 10.0. The highest BCUT2D eigenvalue weighted by molar-refractivity contribution is 5.95. The van der Waals surface area contributed by atoms with E-state index in [1.54, 1.807) is 0 Å². The molecule has 0 radical (unpaired) electrons. The molecule has 3 nitrogen and oxygen atoms in total. The normalized spacial score (nSPS) is 19.0. The Kier molecular flexibility index (Phi) is 5.83. The van der Waals surface area contributed by atoms with Gasteiger partial charge in [0, 0.05) is 13.2 Å². The van der Waals surface area contributed by atoms with E-state index in [1.807, 2.05) is 0 Å². The minimum absolute atomic E-state index is 0.216. The predicted octanol–water partition coefficient (Wildman–Crippen LogP) is 3.78. The van der Waals surface area contributed by atoms with Gasteiger partial charge < -0.3 is 10.1 Å². The van der Waals surface area contributed by atoms with Crippen LogP contribution in [0.4, 0.5) is 13.2 Å². The number of benzene rings is 1. The fourth-order valence-electron chi connectivity index (χ4n) is 2.59. The van der Waals surface area contributed by atoms with Crippen molar-refractivity contribution >= 4 is 5.91 Å². The first kappa shape index (κ1) is 16.8. The molecular formula is C16H20F3NO2. The fourth-order valence-corrected chi connectivity index (χ4v) is 2.59. The molecule has 0 aromatic heterocycles. The molecule has 1 aromatic rings. The molecule has 1 aliphatic rings. The standard InChI is InChI=1S/C16H20F3NO2/c17-16(18,19)14-9-2-1-8-13(14)15(21)20-10-5-7-12-6-3-4-11-22-12/h1-2,8-9,12H,3-7,10-11H2,(H,20,21)/t12-/m0/s1. The third-order valence-corrected chi connectivity index (χ3v) is 3.74. The number of rotatable bonds is 5. The molecule has 0 aliphatic carbocycles. The Bertz CT molecular complexity index is 496. The quantitative estimate of drug-likeness (QED) is 0.840. The average molecular weight is 315 g/mol. The number of amides is 1. The van der Waals surface area contributed by atoms with Crippen molar-refractivity contribution in [3.05, 3.63) is 35.4 Å². The van der Waals surface area contributed by atoms with Gasteiger partial charge in [0.2, 0.25) is 0 Å². The number of ether oxygens (including phenoxy) is 1. The molecule has 1 N–H and O–H groups in total. The molecule has 1 amide bonds. The summed E-state index contributed by atoms with van der Waals surface area (Å²) in [6, 6.07) is 4.83. The molecule has 1 saturated heterocycles. The van der Waals surface area contributed by atoms with Gasteiger partial charge in [0.25, 0.3) is 5.91 Å². The van der Waals surface area contributed by atoms with Crippen molar-refractivity contribution in [2.24, 2.45) is 0 Å². The highest BCUT2D eigenvalue weighted by Crippen LogP contribution is 2.31. The van der Waals surface area contributed by atoms with Crippen LogP contribution in [0.15, 0.2) is 24.3 Å². The van der Waals surface area contributed by atoms with Crippen LogP contribution in [0.5, 0.6) is 0 Å². The molecule has 1 fully saturated rings. The third-order valence-electron chi connectivity index (χ3n) is 3.74. The number of hydrogen-bond donors (Lipinski definition) is 1. The van der Waals surface area contributed by atoms with Gasteiger partial charge in [0.05, 0.1) is 17.2 Å². The SMILES string of the molecule is O=C(NCCC[C@@H]1CCCCO1)c1ccccc1C(F)(F)F. The summed E-state index contributed by atoms with van der Waals surface area (Å²) < 4.78 is 44.1. The van der Waals surface area contributed by atoms with Crippen LogP contribution >= 0.6 is 0 Å². The Morgan fingerprint density at radius 3 is 2.73 bits per heavy atom. The maximum absolute atomic E-state index is 12.8. The summed E-state index contributed by atoms with van der Waals surface area (Å²) in [5.74, 6) is -0.683. The average Bonchev–Trinajstić information content (AvgIpc) is 2.51. The second-order valence-corrected chi connectivity index (χ2v) is 5.43. The van der Waals surface area contributed by atoms with E-state index in [0.29, 0.717) is 13.0 Å². The summed E-state index contributed by atoms with van der Waals surface area (Å²) in [7, 11) is 0. The lowest BCUT2D eigenvalue weighted by molar-refractivity contribution is -0.137. The van der Waals surface area contributed by atoms with Crippen LogP contribution in [0.1, 0.15) is 48.0 Å². The van der Waals surface area contributed by atoms with Gasteiger partial charge in [0.1, 0.15) is 0 Å². The first-order chi connectivity index (χ1) is 10.5. The summed E-state index contributed by atoms with van der Waals surface area (Å²) in [5, 5.41) is 2.56. The van der Waals surface area contributed by atoms with E-state index in [1.165, 1.54) is 18.2 Å². The molecule has 2 rings (SSSR count). The zero-order chi connectivity index (χ0) is 16.0. The van der Waals surface area contributed by atoms with Gasteiger partial charge in [-0.25, -0.2) is 0 Å². The largest absolute Gasteiger partial charge is 0.417 e. The van der Waals surface area contributed by atoms with E-state index in [9.17, 15) is 18.0 Å². The van der Waals surface area contributed by atoms with E-state index in [4.69, 9.17) is 4.74 Å². The van der Waals surface area contributed by atoms with Gasteiger partial charge >= 0.3 is 6.18 Å². The van der Waals surface area contributed by atoms with Gasteiger partial charge in [0.15, 0.2) is 0 Å². The van der Waals surface area contributed by atoms with E-state index in [-0.39, 0.29) is 11.7 Å². The minimum Gasteiger partial charge on any atom is -0.378 e. The highest BCUT2D eigenvalue weighted by Gasteiger charge is 2.34. The predicted molar refractivity (Wildman–Crippen MR) is 76.6 cm³/mol. The van der Waals surface area contributed by atoms with E-state index in [2.05, 4.69) is 5.32 Å². The van der Waals surface area contributed by atoms with Crippen LogP contribution < -0.4 is 5.32 Å². The van der Waals surface area contributed by atoms with Gasteiger partial charge in [-0.05, 0) is 44.2 Å². The van der Waals surface area contributed by atoms with Gasteiger partial charge in [-0.15, -0.1) is 0 Å². The number of alkyl halides is 3. The molecule has 1 aromatic carbocycles. The molecule has 1 aliphatic heterocycles. The van der Waals surface area contributed by atoms with Crippen molar-refractivity contribution in [2.45, 2.75) is 44.4 Å². The van der Waals surface area contributed by atoms with E-state index in [0.717, 1.165) is 38.4 Å². The summed E-state index contributed by atoms with van der Waals surface area (Å²) in [6.07, 6.45) is 0.464. The van der Waals surface area contributed by atoms with Crippen LogP contribution in [0.2, 0.25) is 0 Å². The van der Waals surface area contributed by atoms with E-state index >= 15 is 0 Å². The Balaban J connectivity index is 1.82. The van der Waals surface area contributed by atoms with Crippen molar-refractivity contribution < 1.29 is 22.7 Å². The van der Waals surface area contributed by atoms with Crippen LogP contribution in [-0.4, -0.2) is 25.2 Å². The summed E-state index contributed by atoms with van der Waals surface area (Å²) in [6.45, 7) is 1.13. The Hall–Kier alpha value is -1.56. The zero-order valence-corrected chi connectivity index (χ0v) is 12.3. The first-order valence-electron chi connectivity index (χ1n) is 7.54. The zero-order valence-electron chi connectivity index (χ0n) is 12.3. The third kappa shape index (κ3) is 4.73.